The number of esters is 1. The molecule has 2 aromatic carbocycles. The molecule has 5 rings (SSSR count). The van der Waals surface area contributed by atoms with E-state index in [0.29, 0.717) is 44.6 Å². The number of carbonyl (C=O) groups is 2. The smallest absolute Gasteiger partial charge is 0.410 e. The SMILES string of the molecule is CCOC(=O)c1ccc2c(n1)CCCC2N(CCc1ccccc1OCc1ccc([C@H]2CC[C@H](C(F)(F)F)CC2)cc1)C(=O)OC(C)(C)C. The number of hydrogen-bond donors (Lipinski definition) is 0. The number of aryl methyl sites for hydroxylation is 1. The number of amides is 1. The van der Waals surface area contributed by atoms with E-state index in [2.05, 4.69) is 4.98 Å². The number of para-hydroxylation sites is 1. The van der Waals surface area contributed by atoms with E-state index in [1.807, 2.05) is 75.4 Å². The van der Waals surface area contributed by atoms with Gasteiger partial charge in [-0.05, 0) is 119 Å². The second kappa shape index (κ2) is 15.6. The van der Waals surface area contributed by atoms with Crippen LogP contribution in [0.2, 0.25) is 0 Å². The summed E-state index contributed by atoms with van der Waals surface area (Å²) in [7, 11) is 0. The lowest BCUT2D eigenvalue weighted by Gasteiger charge is -2.36. The summed E-state index contributed by atoms with van der Waals surface area (Å²) in [6, 6.07) is 19.0. The van der Waals surface area contributed by atoms with E-state index >= 15 is 0 Å². The molecular formula is C39H47F3N2O5. The lowest BCUT2D eigenvalue weighted by atomic mass is 9.78. The van der Waals surface area contributed by atoms with Crippen molar-refractivity contribution in [3.8, 4) is 5.75 Å². The third-order valence-corrected chi connectivity index (χ3v) is 9.38. The third-order valence-electron chi connectivity index (χ3n) is 9.38. The number of carbonyl (C=O) groups excluding carboxylic acids is 2. The van der Waals surface area contributed by atoms with Crippen molar-refractivity contribution in [2.45, 2.75) is 109 Å². The van der Waals surface area contributed by atoms with Crippen molar-refractivity contribution < 1.29 is 37.0 Å². The van der Waals surface area contributed by atoms with Crippen molar-refractivity contribution in [1.29, 1.82) is 0 Å². The van der Waals surface area contributed by atoms with Crippen molar-refractivity contribution in [2.75, 3.05) is 13.2 Å². The van der Waals surface area contributed by atoms with Crippen LogP contribution in [0, 0.1) is 5.92 Å². The highest BCUT2D eigenvalue weighted by Gasteiger charge is 2.41. The van der Waals surface area contributed by atoms with Crippen LogP contribution in [-0.4, -0.2) is 46.9 Å². The molecule has 49 heavy (non-hydrogen) atoms. The molecular weight excluding hydrogens is 633 g/mol. The molecule has 7 nitrogen and oxygen atoms in total. The van der Waals surface area contributed by atoms with E-state index in [0.717, 1.165) is 40.8 Å². The first-order chi connectivity index (χ1) is 23.3. The first-order valence-corrected chi connectivity index (χ1v) is 17.3. The van der Waals surface area contributed by atoms with Crippen LogP contribution in [0.4, 0.5) is 18.0 Å². The molecule has 0 saturated heterocycles. The molecule has 2 aliphatic carbocycles. The van der Waals surface area contributed by atoms with Crippen molar-refractivity contribution in [3.05, 3.63) is 94.3 Å². The molecule has 0 aliphatic heterocycles. The maximum Gasteiger partial charge on any atom is 0.410 e. The molecule has 2 aliphatic rings. The minimum atomic E-state index is -4.10. The predicted octanol–water partition coefficient (Wildman–Crippen LogP) is 9.53. The molecule has 1 saturated carbocycles. The lowest BCUT2D eigenvalue weighted by Crippen LogP contribution is -2.41. The number of aromatic nitrogens is 1. The summed E-state index contributed by atoms with van der Waals surface area (Å²) < 4.78 is 56.6. The highest BCUT2D eigenvalue weighted by molar-refractivity contribution is 5.87. The van der Waals surface area contributed by atoms with Crippen molar-refractivity contribution in [1.82, 2.24) is 9.88 Å². The molecule has 0 bridgehead atoms. The maximum atomic E-state index is 13.7. The van der Waals surface area contributed by atoms with E-state index in [1.54, 1.807) is 17.9 Å². The summed E-state index contributed by atoms with van der Waals surface area (Å²) in [5.74, 6) is -0.787. The number of halogens is 3. The summed E-state index contributed by atoms with van der Waals surface area (Å²) in [6.07, 6.45) is -0.279. The average Bonchev–Trinajstić information content (AvgIpc) is 3.07. The van der Waals surface area contributed by atoms with E-state index in [9.17, 15) is 22.8 Å². The minimum absolute atomic E-state index is 0.147. The Morgan fingerprint density at radius 3 is 2.31 bits per heavy atom. The van der Waals surface area contributed by atoms with Crippen LogP contribution in [0.5, 0.6) is 5.75 Å². The van der Waals surface area contributed by atoms with Gasteiger partial charge in [0.15, 0.2) is 0 Å². The molecule has 0 spiro atoms. The van der Waals surface area contributed by atoms with E-state index in [-0.39, 0.29) is 37.1 Å². The monoisotopic (exact) mass is 680 g/mol. The standard InChI is InChI=1S/C39H47F3N2O5/c1-5-47-36(45)33-22-21-31-32(43-33)10-8-11-34(31)44(37(46)49-38(2,3)4)24-23-29-9-6-7-12-35(29)48-25-26-13-15-27(16-14-26)28-17-19-30(20-18-28)39(40,41)42/h6-7,9,12-16,21-22,28,30,34H,5,8,10-11,17-20,23-25H2,1-4H3/t28-,30-,34?. The molecule has 1 atom stereocenters. The van der Waals surface area contributed by atoms with Crippen LogP contribution < -0.4 is 4.74 Å². The molecule has 10 heteroatoms. The number of rotatable bonds is 10. The number of pyridine rings is 1. The topological polar surface area (TPSA) is 78.0 Å². The van der Waals surface area contributed by atoms with Crippen molar-refractivity contribution in [2.24, 2.45) is 5.92 Å². The fourth-order valence-corrected chi connectivity index (χ4v) is 6.86. The second-order valence-corrected chi connectivity index (χ2v) is 14.0. The summed E-state index contributed by atoms with van der Waals surface area (Å²) >= 11 is 0. The van der Waals surface area contributed by atoms with Gasteiger partial charge in [-0.2, -0.15) is 13.2 Å². The lowest BCUT2D eigenvalue weighted by molar-refractivity contribution is -0.182. The Kier molecular flexibility index (Phi) is 11.6. The van der Waals surface area contributed by atoms with Crippen LogP contribution in [0.3, 0.4) is 0 Å². The highest BCUT2D eigenvalue weighted by atomic mass is 19.4. The Morgan fingerprint density at radius 1 is 0.918 bits per heavy atom. The first-order valence-electron chi connectivity index (χ1n) is 17.3. The molecule has 1 unspecified atom stereocenters. The Morgan fingerprint density at radius 2 is 1.63 bits per heavy atom. The van der Waals surface area contributed by atoms with Gasteiger partial charge in [0.1, 0.15) is 23.7 Å². The molecule has 1 heterocycles. The number of alkyl halides is 3. The average molecular weight is 681 g/mol. The van der Waals surface area contributed by atoms with E-state index in [4.69, 9.17) is 14.2 Å². The molecule has 264 valence electrons. The van der Waals surface area contributed by atoms with Crippen LogP contribution in [0.1, 0.15) is 117 Å². The van der Waals surface area contributed by atoms with Gasteiger partial charge in [-0.25, -0.2) is 14.6 Å². The van der Waals surface area contributed by atoms with Gasteiger partial charge in [0.05, 0.1) is 18.6 Å². The van der Waals surface area contributed by atoms with E-state index < -0.39 is 29.8 Å². The fraction of sp³-hybridized carbons (Fsp3) is 0.513. The summed E-state index contributed by atoms with van der Waals surface area (Å²) in [5.41, 5.74) is 4.26. The van der Waals surface area contributed by atoms with Gasteiger partial charge in [0.25, 0.3) is 0 Å². The zero-order valence-corrected chi connectivity index (χ0v) is 28.9. The Labute approximate surface area is 287 Å². The van der Waals surface area contributed by atoms with Crippen molar-refractivity contribution >= 4 is 12.1 Å². The Hall–Kier alpha value is -4.08. The van der Waals surface area contributed by atoms with Crippen LogP contribution in [0.15, 0.2) is 60.7 Å². The summed E-state index contributed by atoms with van der Waals surface area (Å²) in [4.78, 5) is 32.4. The largest absolute Gasteiger partial charge is 0.489 e. The predicted molar refractivity (Wildman–Crippen MR) is 180 cm³/mol. The number of hydrogen-bond acceptors (Lipinski definition) is 6. The Balaban J connectivity index is 1.26. The number of benzene rings is 2. The van der Waals surface area contributed by atoms with Gasteiger partial charge in [-0.15, -0.1) is 0 Å². The number of nitrogens with zero attached hydrogens (tertiary/aromatic N) is 2. The van der Waals surface area contributed by atoms with Crippen LogP contribution >= 0.6 is 0 Å². The second-order valence-electron chi connectivity index (χ2n) is 14.0. The zero-order valence-electron chi connectivity index (χ0n) is 28.9. The molecule has 1 amide bonds. The minimum Gasteiger partial charge on any atom is -0.489 e. The normalized spacial score (nSPS) is 19.4. The van der Waals surface area contributed by atoms with Gasteiger partial charge in [0.2, 0.25) is 0 Å². The molecule has 1 fully saturated rings. The van der Waals surface area contributed by atoms with Gasteiger partial charge >= 0.3 is 18.2 Å². The molecule has 3 aromatic rings. The quantitative estimate of drug-likeness (QED) is 0.199. The van der Waals surface area contributed by atoms with Gasteiger partial charge in [-0.1, -0.05) is 48.5 Å². The van der Waals surface area contributed by atoms with Crippen molar-refractivity contribution in [3.63, 3.8) is 0 Å². The molecule has 0 N–H and O–H groups in total. The van der Waals surface area contributed by atoms with Gasteiger partial charge in [0, 0.05) is 12.2 Å². The van der Waals surface area contributed by atoms with E-state index in [1.165, 1.54) is 0 Å². The maximum absolute atomic E-state index is 13.7. The third kappa shape index (κ3) is 9.55. The van der Waals surface area contributed by atoms with Gasteiger partial charge in [-0.3, -0.25) is 0 Å². The summed E-state index contributed by atoms with van der Waals surface area (Å²) in [6.45, 7) is 8.27. The number of fused-ring (bicyclic) bond motifs is 1. The molecule has 0 radical (unpaired) electrons. The zero-order chi connectivity index (χ0) is 35.2. The van der Waals surface area contributed by atoms with Crippen LogP contribution in [-0.2, 0) is 28.9 Å². The van der Waals surface area contributed by atoms with Crippen LogP contribution in [0.25, 0.3) is 0 Å². The first kappa shape index (κ1) is 36.2. The van der Waals surface area contributed by atoms with Gasteiger partial charge < -0.3 is 19.1 Å². The molecule has 1 aromatic heterocycles. The fourth-order valence-electron chi connectivity index (χ4n) is 6.86. The highest BCUT2D eigenvalue weighted by Crippen LogP contribution is 2.43. The summed E-state index contributed by atoms with van der Waals surface area (Å²) in [5, 5.41) is 0. The number of ether oxygens (including phenoxy) is 3. The Bertz CT molecular complexity index is 1580.